The van der Waals surface area contributed by atoms with Crippen molar-refractivity contribution in [3.63, 3.8) is 0 Å². The lowest BCUT2D eigenvalue weighted by molar-refractivity contribution is 0.563. The van der Waals surface area contributed by atoms with Crippen LogP contribution in [-0.2, 0) is 10.2 Å². The highest BCUT2D eigenvalue weighted by Gasteiger charge is 2.06. The molecule has 0 aliphatic heterocycles. The summed E-state index contributed by atoms with van der Waals surface area (Å²) in [5.74, 6) is 0. The number of halogens is 2. The van der Waals surface area contributed by atoms with Crippen molar-refractivity contribution in [3.8, 4) is 0 Å². The normalized spacial score (nSPS) is 13.3. The lowest BCUT2D eigenvalue weighted by atomic mass is 10.3. The van der Waals surface area contributed by atoms with Gasteiger partial charge in [0.05, 0.1) is 10.4 Å². The van der Waals surface area contributed by atoms with E-state index in [1.807, 2.05) is 0 Å². The Labute approximate surface area is 78.5 Å². The van der Waals surface area contributed by atoms with Gasteiger partial charge in [-0.05, 0) is 16.8 Å². The van der Waals surface area contributed by atoms with Crippen molar-refractivity contribution in [3.05, 3.63) is 27.8 Å². The Hall–Kier alpha value is -0.390. The molecule has 0 spiro atoms. The first-order valence-electron chi connectivity index (χ1n) is 2.83. The van der Waals surface area contributed by atoms with E-state index >= 15 is 0 Å². The minimum absolute atomic E-state index is 0.112. The summed E-state index contributed by atoms with van der Waals surface area (Å²) in [5, 5.41) is 3.62. The Balaban J connectivity index is 3.01. The molecule has 0 unspecified atom stereocenters. The summed E-state index contributed by atoms with van der Waals surface area (Å²) >= 11 is 6.83. The second-order valence-electron chi connectivity index (χ2n) is 1.95. The van der Waals surface area contributed by atoms with Crippen LogP contribution >= 0.6 is 22.9 Å². The summed E-state index contributed by atoms with van der Waals surface area (Å²) < 4.78 is 32.3. The molecule has 1 rings (SSSR count). The van der Waals surface area contributed by atoms with Gasteiger partial charge in [-0.3, -0.25) is 0 Å². The molecule has 1 heterocycles. The fraction of sp³-hybridized carbons (Fsp3) is 0. The van der Waals surface area contributed by atoms with Gasteiger partial charge in [0.2, 0.25) is 0 Å². The van der Waals surface area contributed by atoms with Gasteiger partial charge in [0.25, 0.3) is 0 Å². The average Bonchev–Trinajstić information content (AvgIpc) is 2.32. The van der Waals surface area contributed by atoms with E-state index in [0.717, 1.165) is 0 Å². The van der Waals surface area contributed by atoms with E-state index in [9.17, 15) is 12.3 Å². The maximum atomic E-state index is 12.0. The third-order valence-electron chi connectivity index (χ3n) is 1.04. The van der Waals surface area contributed by atoms with E-state index in [0.29, 0.717) is 11.0 Å². The van der Waals surface area contributed by atoms with Crippen LogP contribution < -0.4 is 0 Å². The van der Waals surface area contributed by atoms with Crippen LogP contribution in [0.5, 0.6) is 0 Å². The Kier molecular flexibility index (Phi) is 2.87. The molecule has 2 nitrogen and oxygen atoms in total. The summed E-state index contributed by atoms with van der Waals surface area (Å²) in [6, 6.07) is 1.61. The molecule has 66 valence electrons. The first-order valence-corrected chi connectivity index (χ1v) is 5.60. The molecule has 0 aliphatic carbocycles. The minimum Gasteiger partial charge on any atom is -0.190 e. The molecule has 0 bridgehead atoms. The van der Waals surface area contributed by atoms with E-state index in [1.165, 1.54) is 11.3 Å². The lowest BCUT2D eigenvalue weighted by Gasteiger charge is -1.89. The molecule has 6 heteroatoms. The van der Waals surface area contributed by atoms with Gasteiger partial charge < -0.3 is 0 Å². The monoisotopic (exact) mass is 226 g/mol. The maximum Gasteiger partial charge on any atom is 0.326 e. The molecular weight excluding hydrogens is 223 g/mol. The molecule has 0 fully saturated rings. The molecule has 0 amide bonds. The van der Waals surface area contributed by atoms with E-state index in [4.69, 9.17) is 11.6 Å². The zero-order valence-electron chi connectivity index (χ0n) is 5.70. The zero-order chi connectivity index (χ0) is 9.19. The van der Waals surface area contributed by atoms with E-state index < -0.39 is 10.2 Å². The van der Waals surface area contributed by atoms with Crippen LogP contribution in [0.1, 0.15) is 5.56 Å². The first-order chi connectivity index (χ1) is 5.49. The predicted octanol–water partition coefficient (Wildman–Crippen LogP) is 2.58. The van der Waals surface area contributed by atoms with Crippen molar-refractivity contribution in [2.45, 2.75) is 0 Å². The molecule has 0 N–H and O–H groups in total. The molecule has 0 aromatic carbocycles. The molecule has 0 saturated heterocycles. The number of hydrogen-bond donors (Lipinski definition) is 0. The SMILES string of the molecule is O=S(=O)(F)/C=C(/Cl)c1ccsc1. The highest BCUT2D eigenvalue weighted by molar-refractivity contribution is 7.89. The van der Waals surface area contributed by atoms with E-state index in [1.54, 1.807) is 16.8 Å². The standard InChI is InChI=1S/C6H4ClFO2S2/c7-6(4-12(8,9)10)5-1-2-11-3-5/h1-4H/b6-4+. The van der Waals surface area contributed by atoms with Gasteiger partial charge in [-0.15, -0.1) is 3.89 Å². The van der Waals surface area contributed by atoms with Crippen LogP contribution in [0.3, 0.4) is 0 Å². The largest absolute Gasteiger partial charge is 0.326 e. The highest BCUT2D eigenvalue weighted by Crippen LogP contribution is 2.22. The van der Waals surface area contributed by atoms with Crippen LogP contribution in [0.4, 0.5) is 3.89 Å². The van der Waals surface area contributed by atoms with Crippen molar-refractivity contribution in [1.29, 1.82) is 0 Å². The van der Waals surface area contributed by atoms with Gasteiger partial charge in [0.1, 0.15) is 0 Å². The quantitative estimate of drug-likeness (QED) is 0.727. The molecule has 0 radical (unpaired) electrons. The van der Waals surface area contributed by atoms with E-state index in [-0.39, 0.29) is 5.03 Å². The van der Waals surface area contributed by atoms with Crippen LogP contribution in [0.2, 0.25) is 0 Å². The molecule has 0 atom stereocenters. The zero-order valence-corrected chi connectivity index (χ0v) is 8.09. The third-order valence-corrected chi connectivity index (χ3v) is 2.70. The summed E-state index contributed by atoms with van der Waals surface area (Å²) in [5.41, 5.74) is 0.503. The molecule has 0 aliphatic rings. The fourth-order valence-electron chi connectivity index (χ4n) is 0.592. The number of rotatable bonds is 2. The number of thiophene rings is 1. The molecular formula is C6H4ClFO2S2. The van der Waals surface area contributed by atoms with Crippen LogP contribution in [0, 0.1) is 0 Å². The van der Waals surface area contributed by atoms with Gasteiger partial charge in [-0.2, -0.15) is 19.8 Å². The predicted molar refractivity (Wildman–Crippen MR) is 48.2 cm³/mol. The topological polar surface area (TPSA) is 34.1 Å². The van der Waals surface area contributed by atoms with Gasteiger partial charge in [-0.25, -0.2) is 0 Å². The molecule has 1 aromatic rings. The molecule has 1 aromatic heterocycles. The van der Waals surface area contributed by atoms with Crippen molar-refractivity contribution < 1.29 is 12.3 Å². The van der Waals surface area contributed by atoms with Crippen molar-refractivity contribution in [2.24, 2.45) is 0 Å². The number of hydrogen-bond acceptors (Lipinski definition) is 3. The van der Waals surface area contributed by atoms with Crippen molar-refractivity contribution in [2.75, 3.05) is 0 Å². The lowest BCUT2D eigenvalue weighted by Crippen LogP contribution is -1.83. The van der Waals surface area contributed by atoms with Gasteiger partial charge in [0, 0.05) is 5.56 Å². The Morgan fingerprint density at radius 1 is 1.67 bits per heavy atom. The van der Waals surface area contributed by atoms with Gasteiger partial charge in [0.15, 0.2) is 0 Å². The summed E-state index contributed by atoms with van der Waals surface area (Å²) in [7, 11) is -4.64. The Morgan fingerprint density at radius 2 is 2.33 bits per heavy atom. The third kappa shape index (κ3) is 2.92. The highest BCUT2D eigenvalue weighted by atomic mass is 35.5. The Morgan fingerprint density at radius 3 is 2.75 bits per heavy atom. The van der Waals surface area contributed by atoms with Crippen LogP contribution in [0.25, 0.3) is 5.03 Å². The fourth-order valence-corrected chi connectivity index (χ4v) is 2.13. The smallest absolute Gasteiger partial charge is 0.190 e. The summed E-state index contributed by atoms with van der Waals surface area (Å²) in [6.07, 6.45) is 0. The Bertz CT molecular complexity index is 380. The van der Waals surface area contributed by atoms with E-state index in [2.05, 4.69) is 0 Å². The second kappa shape index (κ2) is 3.55. The average molecular weight is 227 g/mol. The van der Waals surface area contributed by atoms with Gasteiger partial charge in [-0.1, -0.05) is 11.6 Å². The first kappa shape index (κ1) is 9.70. The van der Waals surface area contributed by atoms with Crippen LogP contribution in [-0.4, -0.2) is 8.42 Å². The molecule has 12 heavy (non-hydrogen) atoms. The van der Waals surface area contributed by atoms with Crippen molar-refractivity contribution >= 4 is 38.2 Å². The molecule has 0 saturated carbocycles. The van der Waals surface area contributed by atoms with Crippen LogP contribution in [0.15, 0.2) is 22.2 Å². The minimum atomic E-state index is -4.64. The maximum absolute atomic E-state index is 12.0. The van der Waals surface area contributed by atoms with Crippen molar-refractivity contribution in [1.82, 2.24) is 0 Å². The summed E-state index contributed by atoms with van der Waals surface area (Å²) in [4.78, 5) is 0. The summed E-state index contributed by atoms with van der Waals surface area (Å²) in [6.45, 7) is 0. The second-order valence-corrected chi connectivity index (χ2v) is 4.33. The van der Waals surface area contributed by atoms with Gasteiger partial charge >= 0.3 is 10.2 Å².